The van der Waals surface area contributed by atoms with E-state index in [0.29, 0.717) is 30.6 Å². The summed E-state index contributed by atoms with van der Waals surface area (Å²) in [6, 6.07) is 11.6. The zero-order valence-corrected chi connectivity index (χ0v) is 16.5. The molecule has 150 valence electrons. The number of benzene rings is 1. The molecule has 29 heavy (non-hydrogen) atoms. The van der Waals surface area contributed by atoms with Crippen molar-refractivity contribution in [1.29, 1.82) is 5.26 Å². The molecule has 0 aliphatic carbocycles. The van der Waals surface area contributed by atoms with Gasteiger partial charge in [0.15, 0.2) is 5.76 Å². The summed E-state index contributed by atoms with van der Waals surface area (Å²) in [5.41, 5.74) is 2.59. The molecule has 7 heteroatoms. The molecule has 2 aromatic heterocycles. The lowest BCUT2D eigenvalue weighted by Crippen LogP contribution is -2.18. The number of anilines is 1. The van der Waals surface area contributed by atoms with E-state index >= 15 is 0 Å². The van der Waals surface area contributed by atoms with Gasteiger partial charge in [-0.2, -0.15) is 10.2 Å². The predicted molar refractivity (Wildman–Crippen MR) is 107 cm³/mol. The van der Waals surface area contributed by atoms with E-state index < -0.39 is 0 Å². The highest BCUT2D eigenvalue weighted by molar-refractivity contribution is 5.54. The van der Waals surface area contributed by atoms with Gasteiger partial charge in [0.1, 0.15) is 24.2 Å². The first-order chi connectivity index (χ1) is 14.1. The predicted octanol–water partition coefficient (Wildman–Crippen LogP) is 4.59. The van der Waals surface area contributed by atoms with Crippen LogP contribution in [0.5, 0.6) is 5.75 Å². The van der Waals surface area contributed by atoms with Crippen molar-refractivity contribution in [3.63, 3.8) is 0 Å². The zero-order valence-electron chi connectivity index (χ0n) is 16.5. The van der Waals surface area contributed by atoms with Crippen LogP contribution < -0.4 is 10.1 Å². The van der Waals surface area contributed by atoms with Crippen molar-refractivity contribution >= 4 is 5.88 Å². The number of aryl methyl sites for hydroxylation is 2. The Morgan fingerprint density at radius 1 is 1.21 bits per heavy atom. The topological polar surface area (TPSA) is 93.5 Å². The molecule has 1 aromatic carbocycles. The van der Waals surface area contributed by atoms with Crippen LogP contribution in [0.2, 0.25) is 0 Å². The Morgan fingerprint density at radius 3 is 2.86 bits per heavy atom. The van der Waals surface area contributed by atoms with Crippen LogP contribution in [0.15, 0.2) is 39.2 Å². The van der Waals surface area contributed by atoms with Crippen molar-refractivity contribution in [2.24, 2.45) is 0 Å². The van der Waals surface area contributed by atoms with Crippen molar-refractivity contribution in [3.8, 4) is 23.5 Å². The summed E-state index contributed by atoms with van der Waals surface area (Å²) in [4.78, 5) is 4.23. The number of rotatable bonds is 7. The molecule has 4 rings (SSSR count). The average molecular weight is 393 g/mol. The number of aromatic nitrogens is 1. The van der Waals surface area contributed by atoms with Crippen LogP contribution in [0, 0.1) is 25.2 Å². The second kappa shape index (κ2) is 8.41. The number of oxazole rings is 1. The first-order valence-corrected chi connectivity index (χ1v) is 9.68. The molecular weight excluding hydrogens is 370 g/mol. The highest BCUT2D eigenvalue weighted by Crippen LogP contribution is 2.28. The van der Waals surface area contributed by atoms with Crippen LogP contribution in [-0.2, 0) is 11.3 Å². The maximum Gasteiger partial charge on any atom is 0.266 e. The molecule has 1 aliphatic rings. The van der Waals surface area contributed by atoms with Gasteiger partial charge >= 0.3 is 0 Å². The van der Waals surface area contributed by atoms with Crippen molar-refractivity contribution in [2.45, 2.75) is 39.4 Å². The highest BCUT2D eigenvalue weighted by Gasteiger charge is 2.20. The molecule has 0 spiro atoms. The minimum absolute atomic E-state index is 0.132. The third kappa shape index (κ3) is 4.44. The van der Waals surface area contributed by atoms with Crippen molar-refractivity contribution in [2.75, 3.05) is 18.5 Å². The van der Waals surface area contributed by atoms with E-state index in [1.807, 2.05) is 37.3 Å². The Labute approximate surface area is 169 Å². The second-order valence-electron chi connectivity index (χ2n) is 7.13. The number of nitriles is 1. The van der Waals surface area contributed by atoms with Crippen LogP contribution in [-0.4, -0.2) is 24.2 Å². The van der Waals surface area contributed by atoms with Crippen LogP contribution in [0.4, 0.5) is 5.88 Å². The molecule has 3 aromatic rings. The first-order valence-electron chi connectivity index (χ1n) is 9.68. The molecule has 1 saturated heterocycles. The zero-order chi connectivity index (χ0) is 20.2. The van der Waals surface area contributed by atoms with Crippen LogP contribution >= 0.6 is 0 Å². The van der Waals surface area contributed by atoms with Crippen LogP contribution in [0.25, 0.3) is 11.7 Å². The Kier molecular flexibility index (Phi) is 5.54. The summed E-state index contributed by atoms with van der Waals surface area (Å²) in [6.45, 7) is 5.76. The van der Waals surface area contributed by atoms with Crippen molar-refractivity contribution in [3.05, 3.63) is 52.9 Å². The maximum absolute atomic E-state index is 9.33. The maximum atomic E-state index is 9.33. The molecule has 0 radical (unpaired) electrons. The monoisotopic (exact) mass is 393 g/mol. The minimum Gasteiger partial charge on any atom is -0.486 e. The third-order valence-electron chi connectivity index (χ3n) is 4.98. The van der Waals surface area contributed by atoms with E-state index in [2.05, 4.69) is 17.2 Å². The molecule has 1 N–H and O–H groups in total. The lowest BCUT2D eigenvalue weighted by Gasteiger charge is -2.09. The fourth-order valence-electron chi connectivity index (χ4n) is 3.16. The fraction of sp³-hybridized carbons (Fsp3) is 0.364. The Balaban J connectivity index is 1.41. The smallest absolute Gasteiger partial charge is 0.266 e. The SMILES string of the molecule is Cc1ccc(OCc2ccc(-c3nc(C#N)c(NC[C@H]4CCCO4)o3)o2)cc1C. The molecule has 7 nitrogen and oxygen atoms in total. The summed E-state index contributed by atoms with van der Waals surface area (Å²) in [7, 11) is 0. The molecule has 3 heterocycles. The van der Waals surface area contributed by atoms with Gasteiger partial charge in [-0.25, -0.2) is 0 Å². The Morgan fingerprint density at radius 2 is 2.10 bits per heavy atom. The van der Waals surface area contributed by atoms with Gasteiger partial charge in [0.25, 0.3) is 5.89 Å². The number of nitrogens with one attached hydrogen (secondary N) is 1. The molecule has 0 saturated carbocycles. The Hall–Kier alpha value is -3.24. The standard InChI is InChI=1S/C22H23N3O4/c1-14-5-6-16(10-15(14)2)27-13-18-7-8-20(28-18)22-25-19(11-23)21(29-22)24-12-17-4-3-9-26-17/h5-8,10,17,24H,3-4,9,12-13H2,1-2H3/t17-/m1/s1. The summed E-state index contributed by atoms with van der Waals surface area (Å²) in [5, 5.41) is 12.5. The molecule has 1 aliphatic heterocycles. The van der Waals surface area contributed by atoms with Crippen molar-refractivity contribution in [1.82, 2.24) is 4.98 Å². The number of ether oxygens (including phenoxy) is 2. The van der Waals surface area contributed by atoms with E-state index in [4.69, 9.17) is 18.3 Å². The number of nitrogens with zero attached hydrogens (tertiary/aromatic N) is 2. The molecular formula is C22H23N3O4. The quantitative estimate of drug-likeness (QED) is 0.627. The minimum atomic E-state index is 0.132. The summed E-state index contributed by atoms with van der Waals surface area (Å²) in [5.74, 6) is 2.47. The number of hydrogen-bond donors (Lipinski definition) is 1. The first kappa shape index (κ1) is 19.1. The molecule has 1 fully saturated rings. The van der Waals surface area contributed by atoms with Crippen LogP contribution in [0.3, 0.4) is 0 Å². The highest BCUT2D eigenvalue weighted by atomic mass is 16.5. The third-order valence-corrected chi connectivity index (χ3v) is 4.98. The van der Waals surface area contributed by atoms with Gasteiger partial charge in [0, 0.05) is 13.2 Å². The molecule has 0 unspecified atom stereocenters. The molecule has 0 amide bonds. The van der Waals surface area contributed by atoms with Crippen LogP contribution in [0.1, 0.15) is 35.4 Å². The van der Waals surface area contributed by atoms with E-state index in [1.165, 1.54) is 11.1 Å². The Bertz CT molecular complexity index is 1030. The fourth-order valence-corrected chi connectivity index (χ4v) is 3.16. The average Bonchev–Trinajstić information content (AvgIpc) is 3.47. The van der Waals surface area contributed by atoms with E-state index in [-0.39, 0.29) is 17.7 Å². The second-order valence-corrected chi connectivity index (χ2v) is 7.13. The van der Waals surface area contributed by atoms with E-state index in [9.17, 15) is 5.26 Å². The van der Waals surface area contributed by atoms with Gasteiger partial charge in [0.05, 0.1) is 6.10 Å². The van der Waals surface area contributed by atoms with Gasteiger partial charge in [-0.1, -0.05) is 6.07 Å². The lowest BCUT2D eigenvalue weighted by atomic mass is 10.1. The largest absolute Gasteiger partial charge is 0.486 e. The van der Waals surface area contributed by atoms with Gasteiger partial charge in [-0.05, 0) is 62.1 Å². The number of hydrogen-bond acceptors (Lipinski definition) is 7. The van der Waals surface area contributed by atoms with E-state index in [0.717, 1.165) is 25.2 Å². The van der Waals surface area contributed by atoms with Gasteiger partial charge < -0.3 is 23.6 Å². The van der Waals surface area contributed by atoms with Gasteiger partial charge in [0.2, 0.25) is 11.6 Å². The van der Waals surface area contributed by atoms with E-state index in [1.54, 1.807) is 6.07 Å². The summed E-state index contributed by atoms with van der Waals surface area (Å²) < 4.78 is 22.9. The van der Waals surface area contributed by atoms with Crippen molar-refractivity contribution < 1.29 is 18.3 Å². The lowest BCUT2D eigenvalue weighted by molar-refractivity contribution is 0.120. The summed E-state index contributed by atoms with van der Waals surface area (Å²) >= 11 is 0. The molecule has 0 bridgehead atoms. The normalized spacial score (nSPS) is 16.0. The van der Waals surface area contributed by atoms with Gasteiger partial charge in [-0.15, -0.1) is 0 Å². The van der Waals surface area contributed by atoms with Gasteiger partial charge in [-0.3, -0.25) is 0 Å². The molecule has 1 atom stereocenters. The summed E-state index contributed by atoms with van der Waals surface area (Å²) in [6.07, 6.45) is 2.18. The number of furan rings is 1.